The standard InChI is InChI=1S/C12H20N2.2C6H6O/c1-11(2,13)9-6-5-7-10(8-9)12(3,4)14;2*7-6-4-2-1-3-5-6/h5-8H,13-14H2,1-4H3;2*1-5,7H. The highest BCUT2D eigenvalue weighted by Crippen LogP contribution is 2.23. The zero-order valence-corrected chi connectivity index (χ0v) is 17.1. The molecule has 0 aromatic heterocycles. The SMILES string of the molecule is CC(C)(N)c1cccc(C(C)(C)N)c1.Oc1ccccc1.Oc1ccccc1. The molecule has 0 unspecified atom stereocenters. The van der Waals surface area contributed by atoms with Gasteiger partial charge in [-0.3, -0.25) is 0 Å². The Kier molecular flexibility index (Phi) is 8.71. The first kappa shape index (κ1) is 23.2. The third-order valence-corrected chi connectivity index (χ3v) is 3.86. The molecule has 0 aliphatic rings. The maximum Gasteiger partial charge on any atom is 0.115 e. The van der Waals surface area contributed by atoms with Gasteiger partial charge < -0.3 is 21.7 Å². The van der Waals surface area contributed by atoms with E-state index in [0.29, 0.717) is 11.5 Å². The summed E-state index contributed by atoms with van der Waals surface area (Å²) in [4.78, 5) is 0. The Morgan fingerprint density at radius 3 is 1.07 bits per heavy atom. The summed E-state index contributed by atoms with van der Waals surface area (Å²) in [6, 6.07) is 25.6. The van der Waals surface area contributed by atoms with Crippen LogP contribution in [0.1, 0.15) is 38.8 Å². The molecule has 0 aliphatic heterocycles. The monoisotopic (exact) mass is 380 g/mol. The van der Waals surface area contributed by atoms with Crippen LogP contribution in [0.15, 0.2) is 84.9 Å². The topological polar surface area (TPSA) is 92.5 Å². The van der Waals surface area contributed by atoms with Crippen LogP contribution in [0, 0.1) is 0 Å². The predicted octanol–water partition coefficient (Wildman–Crippen LogP) is 4.86. The largest absolute Gasteiger partial charge is 0.508 e. The summed E-state index contributed by atoms with van der Waals surface area (Å²) in [6.07, 6.45) is 0. The van der Waals surface area contributed by atoms with Crippen LogP contribution in [0.3, 0.4) is 0 Å². The lowest BCUT2D eigenvalue weighted by Crippen LogP contribution is -2.32. The molecule has 0 atom stereocenters. The lowest BCUT2D eigenvalue weighted by molar-refractivity contribution is 0.475. The molecule has 28 heavy (non-hydrogen) atoms. The maximum atomic E-state index is 8.63. The smallest absolute Gasteiger partial charge is 0.115 e. The van der Waals surface area contributed by atoms with E-state index in [4.69, 9.17) is 21.7 Å². The minimum Gasteiger partial charge on any atom is -0.508 e. The summed E-state index contributed by atoms with van der Waals surface area (Å²) in [6.45, 7) is 7.98. The van der Waals surface area contributed by atoms with Gasteiger partial charge in [0.2, 0.25) is 0 Å². The van der Waals surface area contributed by atoms with Gasteiger partial charge >= 0.3 is 0 Å². The highest BCUT2D eigenvalue weighted by atomic mass is 16.3. The van der Waals surface area contributed by atoms with Crippen LogP contribution in [-0.4, -0.2) is 10.2 Å². The Morgan fingerprint density at radius 1 is 0.536 bits per heavy atom. The van der Waals surface area contributed by atoms with Gasteiger partial charge in [-0.2, -0.15) is 0 Å². The average molecular weight is 381 g/mol. The lowest BCUT2D eigenvalue weighted by Gasteiger charge is -2.24. The first-order valence-electron chi connectivity index (χ1n) is 9.17. The number of phenolic OH excluding ortho intramolecular Hbond substituents is 2. The van der Waals surface area contributed by atoms with E-state index in [1.807, 2.05) is 58.0 Å². The Bertz CT molecular complexity index is 739. The summed E-state index contributed by atoms with van der Waals surface area (Å²) in [5.41, 5.74) is 13.7. The van der Waals surface area contributed by atoms with E-state index < -0.39 is 0 Å². The van der Waals surface area contributed by atoms with Crippen LogP contribution in [0.2, 0.25) is 0 Å². The molecule has 0 heterocycles. The van der Waals surface area contributed by atoms with E-state index in [9.17, 15) is 0 Å². The lowest BCUT2D eigenvalue weighted by atomic mass is 9.88. The second-order valence-electron chi connectivity index (χ2n) is 7.70. The summed E-state index contributed by atoms with van der Waals surface area (Å²) < 4.78 is 0. The molecule has 4 heteroatoms. The van der Waals surface area contributed by atoms with Gasteiger partial charge in [-0.1, -0.05) is 60.7 Å². The van der Waals surface area contributed by atoms with Crippen LogP contribution in [0.4, 0.5) is 0 Å². The van der Waals surface area contributed by atoms with Crippen molar-refractivity contribution in [3.05, 3.63) is 96.1 Å². The summed E-state index contributed by atoms with van der Waals surface area (Å²) in [5, 5.41) is 17.3. The van der Waals surface area contributed by atoms with E-state index in [-0.39, 0.29) is 11.1 Å². The van der Waals surface area contributed by atoms with Crippen molar-refractivity contribution in [2.45, 2.75) is 38.8 Å². The van der Waals surface area contributed by atoms with Crippen molar-refractivity contribution >= 4 is 0 Å². The third-order valence-electron chi connectivity index (χ3n) is 3.86. The molecular formula is C24H32N2O2. The van der Waals surface area contributed by atoms with Crippen LogP contribution in [-0.2, 0) is 11.1 Å². The molecule has 3 aromatic rings. The van der Waals surface area contributed by atoms with E-state index in [2.05, 4.69) is 6.07 Å². The number of aromatic hydroxyl groups is 2. The molecule has 150 valence electrons. The molecule has 3 rings (SSSR count). The van der Waals surface area contributed by atoms with Crippen molar-refractivity contribution in [1.82, 2.24) is 0 Å². The van der Waals surface area contributed by atoms with Gasteiger partial charge in [0, 0.05) is 11.1 Å². The van der Waals surface area contributed by atoms with Gasteiger partial charge in [0.1, 0.15) is 11.5 Å². The van der Waals surface area contributed by atoms with Gasteiger partial charge in [-0.05, 0) is 63.1 Å². The summed E-state index contributed by atoms with van der Waals surface area (Å²) in [7, 11) is 0. The molecular weight excluding hydrogens is 348 g/mol. The van der Waals surface area contributed by atoms with Crippen molar-refractivity contribution in [3.8, 4) is 11.5 Å². The molecule has 0 amide bonds. The average Bonchev–Trinajstić information content (AvgIpc) is 2.63. The fourth-order valence-corrected chi connectivity index (χ4v) is 2.18. The fourth-order valence-electron chi connectivity index (χ4n) is 2.18. The quantitative estimate of drug-likeness (QED) is 0.511. The number of phenols is 2. The molecule has 3 aromatic carbocycles. The van der Waals surface area contributed by atoms with Gasteiger partial charge in [0.05, 0.1) is 0 Å². The van der Waals surface area contributed by atoms with E-state index in [1.165, 1.54) is 0 Å². The first-order valence-corrected chi connectivity index (χ1v) is 9.17. The Hall–Kier alpha value is -2.82. The van der Waals surface area contributed by atoms with Crippen LogP contribution in [0.5, 0.6) is 11.5 Å². The Morgan fingerprint density at radius 2 is 0.857 bits per heavy atom. The minimum absolute atomic E-state index is 0.304. The number of benzene rings is 3. The zero-order valence-electron chi connectivity index (χ0n) is 17.1. The number of hydrogen-bond donors (Lipinski definition) is 4. The van der Waals surface area contributed by atoms with Crippen LogP contribution < -0.4 is 11.5 Å². The summed E-state index contributed by atoms with van der Waals surface area (Å²) >= 11 is 0. The Labute approximate surface area is 168 Å². The number of hydrogen-bond acceptors (Lipinski definition) is 4. The van der Waals surface area contributed by atoms with Crippen molar-refractivity contribution in [1.29, 1.82) is 0 Å². The van der Waals surface area contributed by atoms with Crippen molar-refractivity contribution in [3.63, 3.8) is 0 Å². The Balaban J connectivity index is 0.000000233. The van der Waals surface area contributed by atoms with Crippen LogP contribution >= 0.6 is 0 Å². The molecule has 0 bridgehead atoms. The van der Waals surface area contributed by atoms with E-state index >= 15 is 0 Å². The van der Waals surface area contributed by atoms with Gasteiger partial charge in [0.15, 0.2) is 0 Å². The van der Waals surface area contributed by atoms with Crippen molar-refractivity contribution < 1.29 is 10.2 Å². The minimum atomic E-state index is -0.304. The molecule has 0 aliphatic carbocycles. The van der Waals surface area contributed by atoms with Gasteiger partial charge in [-0.25, -0.2) is 0 Å². The van der Waals surface area contributed by atoms with Crippen molar-refractivity contribution in [2.24, 2.45) is 11.5 Å². The number of para-hydroxylation sites is 2. The van der Waals surface area contributed by atoms with E-state index in [1.54, 1.807) is 48.5 Å². The zero-order chi connectivity index (χ0) is 21.2. The molecule has 6 N–H and O–H groups in total. The second kappa shape index (κ2) is 10.5. The fraction of sp³-hybridized carbons (Fsp3) is 0.250. The highest BCUT2D eigenvalue weighted by Gasteiger charge is 2.18. The van der Waals surface area contributed by atoms with Gasteiger partial charge in [-0.15, -0.1) is 0 Å². The normalized spacial score (nSPS) is 10.8. The van der Waals surface area contributed by atoms with Gasteiger partial charge in [0.25, 0.3) is 0 Å². The molecule has 0 saturated heterocycles. The molecule has 0 saturated carbocycles. The molecule has 0 fully saturated rings. The van der Waals surface area contributed by atoms with Crippen molar-refractivity contribution in [2.75, 3.05) is 0 Å². The van der Waals surface area contributed by atoms with Crippen LogP contribution in [0.25, 0.3) is 0 Å². The number of rotatable bonds is 2. The second-order valence-corrected chi connectivity index (χ2v) is 7.70. The predicted molar refractivity (Wildman–Crippen MR) is 117 cm³/mol. The maximum absolute atomic E-state index is 8.63. The molecule has 0 spiro atoms. The third kappa shape index (κ3) is 9.21. The first-order chi connectivity index (χ1) is 13.0. The molecule has 4 nitrogen and oxygen atoms in total. The highest BCUT2D eigenvalue weighted by molar-refractivity contribution is 5.31. The number of nitrogens with two attached hydrogens (primary N) is 2. The summed E-state index contributed by atoms with van der Waals surface area (Å²) in [5.74, 6) is 0.644. The van der Waals surface area contributed by atoms with E-state index in [0.717, 1.165) is 11.1 Å². The molecule has 0 radical (unpaired) electrons.